The molecule has 2 N–H and O–H groups in total. The molecule has 3 aromatic rings. The number of ketones is 1. The monoisotopic (exact) mass is 474 g/mol. The normalized spacial score (nSPS) is 19.7. The molecule has 186 valence electrons. The predicted octanol–water partition coefficient (Wildman–Crippen LogP) is 4.59. The number of aryl methyl sites for hydroxylation is 1. The first-order chi connectivity index (χ1) is 16.9. The smallest absolute Gasteiger partial charge is 0.170 e. The van der Waals surface area contributed by atoms with Crippen molar-refractivity contribution in [1.82, 2.24) is 20.0 Å². The minimum atomic E-state index is -0.108. The lowest BCUT2D eigenvalue weighted by atomic mass is 9.88. The van der Waals surface area contributed by atoms with Crippen LogP contribution in [-0.2, 0) is 25.8 Å². The van der Waals surface area contributed by atoms with E-state index >= 15 is 0 Å². The van der Waals surface area contributed by atoms with Crippen molar-refractivity contribution >= 4 is 16.7 Å². The number of nitrogens with one attached hydrogen (secondary N) is 1. The fourth-order valence-corrected chi connectivity index (χ4v) is 5.67. The lowest BCUT2D eigenvalue weighted by Crippen LogP contribution is -2.43. The molecule has 2 heterocycles. The first-order valence-electron chi connectivity index (χ1n) is 13.1. The molecule has 6 heteroatoms. The second-order valence-electron chi connectivity index (χ2n) is 11.0. The summed E-state index contributed by atoms with van der Waals surface area (Å²) in [7, 11) is 2.19. The summed E-state index contributed by atoms with van der Waals surface area (Å²) in [6, 6.07) is 10.4. The number of aromatic amines is 1. The highest BCUT2D eigenvalue weighted by Crippen LogP contribution is 2.33. The molecule has 1 unspecified atom stereocenters. The van der Waals surface area contributed by atoms with Gasteiger partial charge in [-0.15, -0.1) is 0 Å². The molecule has 6 nitrogen and oxygen atoms in total. The van der Waals surface area contributed by atoms with Gasteiger partial charge in [0.25, 0.3) is 0 Å². The van der Waals surface area contributed by atoms with Crippen molar-refractivity contribution < 1.29 is 9.90 Å². The number of hydrogen-bond donors (Lipinski definition) is 2. The van der Waals surface area contributed by atoms with Gasteiger partial charge >= 0.3 is 0 Å². The second kappa shape index (κ2) is 10.1. The Bertz CT molecular complexity index is 1210. The van der Waals surface area contributed by atoms with Crippen molar-refractivity contribution in [3.63, 3.8) is 0 Å². The Balaban J connectivity index is 1.34. The van der Waals surface area contributed by atoms with Gasteiger partial charge in [0.15, 0.2) is 5.78 Å². The van der Waals surface area contributed by atoms with Gasteiger partial charge < -0.3 is 10.0 Å². The zero-order chi connectivity index (χ0) is 24.5. The third-order valence-corrected chi connectivity index (χ3v) is 7.73. The molecule has 1 aromatic heterocycles. The second-order valence-corrected chi connectivity index (χ2v) is 11.0. The van der Waals surface area contributed by atoms with Crippen LogP contribution >= 0.6 is 0 Å². The Kier molecular flexibility index (Phi) is 6.94. The van der Waals surface area contributed by atoms with Gasteiger partial charge in [0.2, 0.25) is 0 Å². The van der Waals surface area contributed by atoms with Gasteiger partial charge in [0.05, 0.1) is 16.8 Å². The van der Waals surface area contributed by atoms with Crippen LogP contribution in [0.4, 0.5) is 0 Å². The SMILES string of the molecule is CC(C)Cc1n[nH]c2cc(O)c(C(=O)C3CCCc4cc(CN5CCN(C)CC5)ccc4C3)cc12. The van der Waals surface area contributed by atoms with Crippen molar-refractivity contribution in [2.24, 2.45) is 11.8 Å². The van der Waals surface area contributed by atoms with Crippen LogP contribution in [0, 0.1) is 11.8 Å². The average Bonchev–Trinajstić information content (AvgIpc) is 3.07. The van der Waals surface area contributed by atoms with E-state index in [0.717, 1.165) is 81.4 Å². The number of fused-ring (bicyclic) bond motifs is 2. The van der Waals surface area contributed by atoms with Gasteiger partial charge in [-0.2, -0.15) is 5.10 Å². The van der Waals surface area contributed by atoms with Gasteiger partial charge in [0, 0.05) is 50.1 Å². The number of phenolic OH excluding ortho intramolecular Hbond substituents is 1. The zero-order valence-corrected chi connectivity index (χ0v) is 21.3. The molecule has 35 heavy (non-hydrogen) atoms. The number of aromatic hydroxyl groups is 1. The number of carbonyl (C=O) groups excluding carboxylic acids is 1. The van der Waals surface area contributed by atoms with Crippen LogP contribution in [0.3, 0.4) is 0 Å². The van der Waals surface area contributed by atoms with E-state index in [1.807, 2.05) is 6.07 Å². The molecule has 0 saturated carbocycles. The maximum absolute atomic E-state index is 13.6. The van der Waals surface area contributed by atoms with Gasteiger partial charge in [-0.1, -0.05) is 32.0 Å². The highest BCUT2D eigenvalue weighted by molar-refractivity contribution is 6.04. The summed E-state index contributed by atoms with van der Waals surface area (Å²) in [6.07, 6.45) is 4.44. The van der Waals surface area contributed by atoms with E-state index in [1.165, 1.54) is 16.7 Å². The van der Waals surface area contributed by atoms with E-state index in [9.17, 15) is 9.90 Å². The summed E-state index contributed by atoms with van der Waals surface area (Å²) in [5.74, 6) is 0.460. The average molecular weight is 475 g/mol. The van der Waals surface area contributed by atoms with Crippen molar-refractivity contribution in [2.75, 3.05) is 33.2 Å². The lowest BCUT2D eigenvalue weighted by molar-refractivity contribution is 0.0910. The first-order valence-corrected chi connectivity index (χ1v) is 13.1. The zero-order valence-electron chi connectivity index (χ0n) is 21.3. The summed E-state index contributed by atoms with van der Waals surface area (Å²) in [4.78, 5) is 18.6. The number of rotatable bonds is 6. The number of Topliss-reactive ketones (excluding diaryl/α,β-unsaturated/α-hetero) is 1. The standard InChI is InChI=1S/C29H38N4O2/c1-19(2)13-26-24-16-25(28(34)17-27(24)31-30-26)29(35)23-6-4-5-21-14-20(7-8-22(21)15-23)18-33-11-9-32(3)10-12-33/h7-8,14,16-17,19,23,34H,4-6,9-13,15,18H2,1-3H3,(H,30,31). The molecule has 1 aliphatic carbocycles. The van der Waals surface area contributed by atoms with E-state index in [4.69, 9.17) is 0 Å². The van der Waals surface area contributed by atoms with E-state index in [1.54, 1.807) is 6.07 Å². The Morgan fingerprint density at radius 1 is 1.14 bits per heavy atom. The Morgan fingerprint density at radius 2 is 1.94 bits per heavy atom. The van der Waals surface area contributed by atoms with Crippen LogP contribution < -0.4 is 0 Å². The predicted molar refractivity (Wildman–Crippen MR) is 140 cm³/mol. The molecule has 2 aromatic carbocycles. The molecule has 0 radical (unpaired) electrons. The Morgan fingerprint density at radius 3 is 2.71 bits per heavy atom. The number of carbonyl (C=O) groups is 1. The van der Waals surface area contributed by atoms with Crippen molar-refractivity contribution in [1.29, 1.82) is 0 Å². The molecule has 1 saturated heterocycles. The molecular weight excluding hydrogens is 436 g/mol. The van der Waals surface area contributed by atoms with Crippen LogP contribution in [0.25, 0.3) is 10.9 Å². The van der Waals surface area contributed by atoms with Crippen LogP contribution in [0.5, 0.6) is 5.75 Å². The molecule has 5 rings (SSSR count). The number of H-pyrrole nitrogens is 1. The maximum Gasteiger partial charge on any atom is 0.170 e. The minimum Gasteiger partial charge on any atom is -0.507 e. The quantitative estimate of drug-likeness (QED) is 0.404. The summed E-state index contributed by atoms with van der Waals surface area (Å²) in [5, 5.41) is 19.1. The van der Waals surface area contributed by atoms with E-state index < -0.39 is 0 Å². The number of benzene rings is 2. The van der Waals surface area contributed by atoms with Crippen molar-refractivity contribution in [2.45, 2.75) is 52.5 Å². The topological polar surface area (TPSA) is 72.5 Å². The summed E-state index contributed by atoms with van der Waals surface area (Å²) < 4.78 is 0. The van der Waals surface area contributed by atoms with Gasteiger partial charge in [-0.3, -0.25) is 14.8 Å². The van der Waals surface area contributed by atoms with E-state index in [0.29, 0.717) is 11.5 Å². The van der Waals surface area contributed by atoms with Crippen LogP contribution in [0.1, 0.15) is 59.4 Å². The third kappa shape index (κ3) is 5.29. The van der Waals surface area contributed by atoms with Crippen molar-refractivity contribution in [3.05, 3.63) is 58.3 Å². The number of hydrogen-bond acceptors (Lipinski definition) is 5. The number of likely N-dealkylation sites (N-methyl/N-ethyl adjacent to an activating group) is 1. The largest absolute Gasteiger partial charge is 0.507 e. The molecule has 0 spiro atoms. The molecule has 2 aliphatic rings. The third-order valence-electron chi connectivity index (χ3n) is 7.73. The van der Waals surface area contributed by atoms with Crippen LogP contribution in [0.15, 0.2) is 30.3 Å². The Labute approximate surface area is 208 Å². The van der Waals surface area contributed by atoms with Gasteiger partial charge in [-0.05, 0) is 67.8 Å². The van der Waals surface area contributed by atoms with Crippen LogP contribution in [-0.4, -0.2) is 64.1 Å². The van der Waals surface area contributed by atoms with E-state index in [-0.39, 0.29) is 17.5 Å². The van der Waals surface area contributed by atoms with Crippen LogP contribution in [0.2, 0.25) is 0 Å². The number of piperazine rings is 1. The number of phenols is 1. The summed E-state index contributed by atoms with van der Waals surface area (Å²) >= 11 is 0. The molecule has 1 aliphatic heterocycles. The Hall–Kier alpha value is -2.70. The summed E-state index contributed by atoms with van der Waals surface area (Å²) in [6.45, 7) is 9.82. The number of aromatic nitrogens is 2. The number of nitrogens with zero attached hydrogens (tertiary/aromatic N) is 3. The molecule has 0 bridgehead atoms. The highest BCUT2D eigenvalue weighted by Gasteiger charge is 2.27. The lowest BCUT2D eigenvalue weighted by Gasteiger charge is -2.32. The molecular formula is C29H38N4O2. The van der Waals surface area contributed by atoms with E-state index in [2.05, 4.69) is 59.1 Å². The maximum atomic E-state index is 13.6. The summed E-state index contributed by atoms with van der Waals surface area (Å²) in [5.41, 5.74) is 6.23. The first kappa shape index (κ1) is 24.0. The van der Waals surface area contributed by atoms with Gasteiger partial charge in [0.1, 0.15) is 5.75 Å². The minimum absolute atomic E-state index is 0.0502. The molecule has 1 atom stereocenters. The van der Waals surface area contributed by atoms with Gasteiger partial charge in [-0.25, -0.2) is 0 Å². The molecule has 0 amide bonds. The fourth-order valence-electron chi connectivity index (χ4n) is 5.67. The van der Waals surface area contributed by atoms with Crippen molar-refractivity contribution in [3.8, 4) is 5.75 Å². The fraction of sp³-hybridized carbons (Fsp3) is 0.517. The highest BCUT2D eigenvalue weighted by atomic mass is 16.3. The molecule has 1 fully saturated rings.